The third-order valence-electron chi connectivity index (χ3n) is 7.68. The van der Waals surface area contributed by atoms with Gasteiger partial charge in [-0.25, -0.2) is 19.9 Å². The average Bonchev–Trinajstić information content (AvgIpc) is 3.81. The van der Waals surface area contributed by atoms with Gasteiger partial charge in [0.05, 0.1) is 17.4 Å². The van der Waals surface area contributed by atoms with Crippen LogP contribution < -0.4 is 11.5 Å². The number of hydrogen-bond acceptors (Lipinski definition) is 17. The number of aliphatic hydroxyl groups is 6. The van der Waals surface area contributed by atoms with Crippen LogP contribution in [-0.2, 0) is 19.0 Å². The predicted octanol–water partition coefficient (Wildman–Crippen LogP) is -1.47. The van der Waals surface area contributed by atoms with Crippen molar-refractivity contribution in [2.75, 3.05) is 24.4 Å². The Labute approximate surface area is 261 Å². The van der Waals surface area contributed by atoms with Crippen LogP contribution in [0.3, 0.4) is 0 Å². The van der Waals surface area contributed by atoms with Crippen LogP contribution in [0.2, 0.25) is 0 Å². The van der Waals surface area contributed by atoms with Gasteiger partial charge in [-0.1, -0.05) is 25.3 Å². The molecule has 9 atom stereocenters. The van der Waals surface area contributed by atoms with Crippen LogP contribution in [0.5, 0.6) is 0 Å². The molecule has 0 spiro atoms. The van der Waals surface area contributed by atoms with Gasteiger partial charge in [0.2, 0.25) is 14.7 Å². The summed E-state index contributed by atoms with van der Waals surface area (Å²) in [6.45, 7) is 6.65. The Hall–Kier alpha value is -3.69. The quantitative estimate of drug-likeness (QED) is 0.0427. The molecule has 2 aliphatic heterocycles. The Balaban J connectivity index is 0.000000184. The zero-order chi connectivity index (χ0) is 33.4. The second-order valence-electron chi connectivity index (χ2n) is 10.2. The highest BCUT2D eigenvalue weighted by Crippen LogP contribution is 2.43. The van der Waals surface area contributed by atoms with E-state index in [-0.39, 0.29) is 5.82 Å². The molecule has 4 aromatic heterocycles. The molecular formula is C26H33N8O11P. The molecule has 2 fully saturated rings. The topological polar surface area (TPSA) is 292 Å². The van der Waals surface area contributed by atoms with Crippen molar-refractivity contribution in [3.63, 3.8) is 0 Å². The van der Waals surface area contributed by atoms with Crippen LogP contribution in [0.1, 0.15) is 12.5 Å². The fraction of sp³-hybridized carbons (Fsp3) is 0.385. The molecule has 19 nitrogen and oxygen atoms in total. The Morgan fingerprint density at radius 3 is 1.85 bits per heavy atom. The van der Waals surface area contributed by atoms with Gasteiger partial charge in [-0.3, -0.25) is 0 Å². The third-order valence-corrected chi connectivity index (χ3v) is 8.18. The fourth-order valence-corrected chi connectivity index (χ4v) is 5.41. The smallest absolute Gasteiger partial charge is 0.232 e. The molecule has 2 saturated heterocycles. The molecule has 2 aliphatic rings. The molecule has 3 unspecified atom stereocenters. The number of ether oxygens (including phenoxy) is 2. The lowest BCUT2D eigenvalue weighted by Gasteiger charge is -2.28. The molecule has 0 aliphatic carbocycles. The zero-order valence-corrected chi connectivity index (χ0v) is 24.9. The number of fused-ring (bicyclic) bond motifs is 2. The zero-order valence-electron chi connectivity index (χ0n) is 24.0. The summed E-state index contributed by atoms with van der Waals surface area (Å²) < 4.78 is 18.6. The second kappa shape index (κ2) is 13.2. The number of nitrogens with zero attached hydrogens (tertiary/aromatic N) is 6. The van der Waals surface area contributed by atoms with Crippen LogP contribution in [0.15, 0.2) is 62.5 Å². The van der Waals surface area contributed by atoms with E-state index < -0.39 is 69.6 Å². The van der Waals surface area contributed by atoms with Crippen LogP contribution in [0, 0.1) is 0 Å². The summed E-state index contributed by atoms with van der Waals surface area (Å²) in [4.78, 5) is 30.0. The molecule has 46 heavy (non-hydrogen) atoms. The lowest BCUT2D eigenvalue weighted by Crippen LogP contribution is -2.45. The van der Waals surface area contributed by atoms with Crippen molar-refractivity contribution in [2.24, 2.45) is 0 Å². The molecular weight excluding hydrogens is 631 g/mol. The SMILES string of the molecule is C=CC1(O)[C@@H](O)[C@@H](CO)O[C@H]1n1ccc2c(N)ncnc21.C=CC1(O)[C@@H](O)[C@@H](OOP(O)CO)O[C@H]1n1ccc2c(N)ncnc21. The minimum atomic E-state index is -2.25. The van der Waals surface area contributed by atoms with Crippen molar-refractivity contribution in [1.82, 2.24) is 29.1 Å². The summed E-state index contributed by atoms with van der Waals surface area (Å²) in [6, 6.07) is 3.32. The lowest BCUT2D eigenvalue weighted by atomic mass is 9.94. The largest absolute Gasteiger partial charge is 0.394 e. The Bertz CT molecular complexity index is 1710. The number of anilines is 2. The summed E-state index contributed by atoms with van der Waals surface area (Å²) in [5.74, 6) is 0.549. The molecule has 0 radical (unpaired) electrons. The van der Waals surface area contributed by atoms with E-state index in [1.54, 1.807) is 24.5 Å². The third kappa shape index (κ3) is 5.62. The van der Waals surface area contributed by atoms with Crippen molar-refractivity contribution in [2.45, 2.75) is 48.3 Å². The highest BCUT2D eigenvalue weighted by molar-refractivity contribution is 7.45. The lowest BCUT2D eigenvalue weighted by molar-refractivity contribution is -0.332. The normalized spacial score (nSPS) is 31.5. The van der Waals surface area contributed by atoms with Crippen molar-refractivity contribution >= 4 is 42.1 Å². The number of hydrogen-bond donors (Lipinski definition) is 9. The maximum atomic E-state index is 10.8. The average molecular weight is 665 g/mol. The standard InChI is InChI=1S/C13H17N4O7P.C13H16N4O4/c1-2-13(20)8(19)11(23-24-25(21)6-18)22-12(13)17-4-3-7-9(14)15-5-16-10(7)17;1-2-13(20)9(19)8(5-18)21-12(13)17-4-3-7-10(14)15-6-16-11(7)17/h2-5,8,11-12,18-21H,1,6H2,(H2,14,15,16);2-4,6,8-9,12,18-20H,1,5H2,(H2,14,15,16)/t8-,11+,12+,13?,25?;8-,9+,12-,13?/m01/s1. The molecule has 248 valence electrons. The van der Waals surface area contributed by atoms with Gasteiger partial charge in [0.25, 0.3) is 0 Å². The van der Waals surface area contributed by atoms with E-state index >= 15 is 0 Å². The summed E-state index contributed by atoms with van der Waals surface area (Å²) in [5, 5.41) is 61.0. The molecule has 20 heteroatoms. The highest BCUT2D eigenvalue weighted by Gasteiger charge is 2.57. The van der Waals surface area contributed by atoms with Crippen LogP contribution in [-0.4, -0.2) is 113 Å². The second-order valence-corrected chi connectivity index (χ2v) is 11.4. The molecule has 6 rings (SSSR count). The summed E-state index contributed by atoms with van der Waals surface area (Å²) in [5.41, 5.74) is 8.69. The maximum absolute atomic E-state index is 10.8. The number of nitrogen functional groups attached to an aromatic ring is 2. The van der Waals surface area contributed by atoms with Crippen LogP contribution >= 0.6 is 8.38 Å². The van der Waals surface area contributed by atoms with Crippen LogP contribution in [0.4, 0.5) is 11.6 Å². The van der Waals surface area contributed by atoms with Gasteiger partial charge >= 0.3 is 0 Å². The summed E-state index contributed by atoms with van der Waals surface area (Å²) in [7, 11) is -2.25. The maximum Gasteiger partial charge on any atom is 0.232 e. The van der Waals surface area contributed by atoms with Crippen molar-refractivity contribution in [3.05, 3.63) is 62.5 Å². The minimum absolute atomic E-state index is 0.245. The highest BCUT2D eigenvalue weighted by atomic mass is 31.2. The first-order valence-electron chi connectivity index (χ1n) is 13.5. The predicted molar refractivity (Wildman–Crippen MR) is 159 cm³/mol. The molecule has 0 amide bonds. The Kier molecular flexibility index (Phi) is 9.66. The van der Waals surface area contributed by atoms with Gasteiger partial charge in [0, 0.05) is 12.4 Å². The number of aromatic nitrogens is 6. The summed E-state index contributed by atoms with van der Waals surface area (Å²) in [6.07, 6.45) is -0.0269. The Morgan fingerprint density at radius 1 is 0.870 bits per heavy atom. The first kappa shape index (κ1) is 33.7. The number of nitrogens with two attached hydrogens (primary N) is 2. The van der Waals surface area contributed by atoms with Gasteiger partial charge in [-0.15, -0.1) is 0 Å². The molecule has 0 saturated carbocycles. The Morgan fingerprint density at radius 2 is 1.37 bits per heavy atom. The van der Waals surface area contributed by atoms with Gasteiger partial charge in [0.15, 0.2) is 23.7 Å². The van der Waals surface area contributed by atoms with Crippen molar-refractivity contribution < 1.29 is 54.6 Å². The molecule has 0 bridgehead atoms. The van der Waals surface area contributed by atoms with Crippen LogP contribution in [0.25, 0.3) is 22.1 Å². The molecule has 6 heterocycles. The van der Waals surface area contributed by atoms with Gasteiger partial charge < -0.3 is 65.6 Å². The van der Waals surface area contributed by atoms with E-state index in [9.17, 15) is 30.4 Å². The number of aliphatic hydroxyl groups excluding tert-OH is 4. The van der Waals surface area contributed by atoms with Crippen molar-refractivity contribution in [1.29, 1.82) is 0 Å². The fourth-order valence-electron chi connectivity index (χ4n) is 5.18. The van der Waals surface area contributed by atoms with Gasteiger partial charge in [-0.2, -0.15) is 9.56 Å². The van der Waals surface area contributed by atoms with E-state index in [0.717, 1.165) is 6.08 Å². The van der Waals surface area contributed by atoms with Gasteiger partial charge in [-0.05, 0) is 12.1 Å². The van der Waals surface area contributed by atoms with E-state index in [0.29, 0.717) is 27.9 Å². The van der Waals surface area contributed by atoms with E-state index in [1.165, 1.54) is 27.9 Å². The molecule has 0 aromatic carbocycles. The molecule has 4 aromatic rings. The molecule has 11 N–H and O–H groups in total. The minimum Gasteiger partial charge on any atom is -0.394 e. The first-order valence-corrected chi connectivity index (χ1v) is 14.9. The van der Waals surface area contributed by atoms with E-state index in [2.05, 4.69) is 37.8 Å². The van der Waals surface area contributed by atoms with Crippen molar-refractivity contribution in [3.8, 4) is 0 Å². The van der Waals surface area contributed by atoms with E-state index in [1.807, 2.05) is 0 Å². The number of rotatable bonds is 9. The first-order chi connectivity index (χ1) is 21.9. The monoisotopic (exact) mass is 664 g/mol. The van der Waals surface area contributed by atoms with E-state index in [4.69, 9.17) is 30.9 Å². The summed E-state index contributed by atoms with van der Waals surface area (Å²) >= 11 is 0. The van der Waals surface area contributed by atoms with Gasteiger partial charge in [0.1, 0.15) is 60.2 Å².